The van der Waals surface area contributed by atoms with Crippen LogP contribution in [0, 0.1) is 0 Å². The highest BCUT2D eigenvalue weighted by atomic mass is 35.5. The quantitative estimate of drug-likeness (QED) is 0.202. The first-order valence-corrected chi connectivity index (χ1v) is 15.3. The molecule has 2 saturated heterocycles. The molecule has 4 aromatic rings. The molecule has 0 aliphatic carbocycles. The molecule has 2 fully saturated rings. The van der Waals surface area contributed by atoms with Crippen molar-refractivity contribution in [3.05, 3.63) is 86.2 Å². The first kappa shape index (κ1) is 30.4. The van der Waals surface area contributed by atoms with Gasteiger partial charge in [-0.25, -0.2) is 9.97 Å². The zero-order valence-corrected chi connectivity index (χ0v) is 25.8. The van der Waals surface area contributed by atoms with Gasteiger partial charge in [0.15, 0.2) is 0 Å². The Balaban J connectivity index is 0.000000182. The Hall–Kier alpha value is -2.10. The minimum atomic E-state index is -0.283. The molecule has 11 heteroatoms. The Morgan fingerprint density at radius 3 is 1.90 bits per heavy atom. The van der Waals surface area contributed by atoms with E-state index >= 15 is 0 Å². The largest absolute Gasteiger partial charge is 0.356 e. The Morgan fingerprint density at radius 2 is 1.32 bits per heavy atom. The molecule has 6 rings (SSSR count). The summed E-state index contributed by atoms with van der Waals surface area (Å²) in [6, 6.07) is 13.5. The molecule has 41 heavy (non-hydrogen) atoms. The molecule has 2 aliphatic heterocycles. The predicted molar refractivity (Wildman–Crippen MR) is 172 cm³/mol. The van der Waals surface area contributed by atoms with Crippen LogP contribution in [0.3, 0.4) is 0 Å². The summed E-state index contributed by atoms with van der Waals surface area (Å²) < 4.78 is 0. The maximum Gasteiger partial charge on any atom is 0.142 e. The number of nitrogens with one attached hydrogen (secondary N) is 2. The summed E-state index contributed by atoms with van der Waals surface area (Å²) in [6.45, 7) is 3.67. The van der Waals surface area contributed by atoms with E-state index in [0.717, 1.165) is 92.7 Å². The van der Waals surface area contributed by atoms with E-state index in [2.05, 4.69) is 25.2 Å². The van der Waals surface area contributed by atoms with Crippen LogP contribution < -0.4 is 21.7 Å². The molecule has 0 spiro atoms. The van der Waals surface area contributed by atoms with Crippen molar-refractivity contribution >= 4 is 63.3 Å². The summed E-state index contributed by atoms with van der Waals surface area (Å²) >= 11 is 24.6. The van der Waals surface area contributed by atoms with Crippen LogP contribution in [0.4, 0.5) is 5.82 Å². The summed E-state index contributed by atoms with van der Waals surface area (Å²) in [5.74, 6) is 0.967. The lowest BCUT2D eigenvalue weighted by Crippen LogP contribution is -2.52. The third kappa shape index (κ3) is 7.28. The molecule has 4 heterocycles. The SMILES string of the molecule is NC1(Cc2cccc(Cl)c2Cl)CCN(c2ncnc3[nH]ccc23)CC1.NC1(Cc2cccc(Cl)c2Cl)CCNCC1. The second kappa shape index (κ2) is 13.0. The van der Waals surface area contributed by atoms with Crippen molar-refractivity contribution in [2.45, 2.75) is 49.6 Å². The van der Waals surface area contributed by atoms with E-state index in [9.17, 15) is 0 Å². The Bertz CT molecular complexity index is 1480. The van der Waals surface area contributed by atoms with Crippen LogP contribution in [0.25, 0.3) is 11.0 Å². The zero-order chi connectivity index (χ0) is 29.0. The molecule has 0 atom stereocenters. The summed E-state index contributed by atoms with van der Waals surface area (Å²) in [5.41, 5.74) is 15.6. The average Bonchev–Trinajstić information content (AvgIpc) is 3.44. The molecule has 0 bridgehead atoms. The number of nitrogens with zero attached hydrogens (tertiary/aromatic N) is 3. The molecule has 2 aromatic heterocycles. The normalized spacial score (nSPS) is 18.1. The number of fused-ring (bicyclic) bond motifs is 1. The number of H-pyrrole nitrogens is 1. The number of hydrogen-bond donors (Lipinski definition) is 4. The van der Waals surface area contributed by atoms with Crippen molar-refractivity contribution in [2.75, 3.05) is 31.1 Å². The van der Waals surface area contributed by atoms with Gasteiger partial charge in [-0.1, -0.05) is 70.7 Å². The fourth-order valence-electron chi connectivity index (χ4n) is 5.68. The number of piperidine rings is 2. The van der Waals surface area contributed by atoms with Crippen molar-refractivity contribution < 1.29 is 0 Å². The Kier molecular flexibility index (Phi) is 9.66. The van der Waals surface area contributed by atoms with Gasteiger partial charge in [-0.05, 0) is 80.9 Å². The van der Waals surface area contributed by atoms with E-state index in [1.165, 1.54) is 0 Å². The minimum Gasteiger partial charge on any atom is -0.356 e. The van der Waals surface area contributed by atoms with Crippen LogP contribution in [0.15, 0.2) is 55.0 Å². The number of halogens is 4. The van der Waals surface area contributed by atoms with Crippen LogP contribution in [0.2, 0.25) is 20.1 Å². The molecule has 0 unspecified atom stereocenters. The van der Waals surface area contributed by atoms with Gasteiger partial charge in [-0.2, -0.15) is 0 Å². The fourth-order valence-corrected chi connectivity index (χ4v) is 6.46. The molecule has 2 aliphatic rings. The zero-order valence-electron chi connectivity index (χ0n) is 22.8. The monoisotopic (exact) mass is 633 g/mol. The van der Waals surface area contributed by atoms with E-state index in [-0.39, 0.29) is 11.1 Å². The van der Waals surface area contributed by atoms with Gasteiger partial charge in [-0.15, -0.1) is 0 Å². The average molecular weight is 635 g/mol. The lowest BCUT2D eigenvalue weighted by molar-refractivity contribution is 0.308. The maximum atomic E-state index is 6.68. The highest BCUT2D eigenvalue weighted by Gasteiger charge is 2.33. The predicted octanol–water partition coefficient (Wildman–Crippen LogP) is 6.42. The fraction of sp³-hybridized carbons (Fsp3) is 0.400. The lowest BCUT2D eigenvalue weighted by Gasteiger charge is -2.40. The van der Waals surface area contributed by atoms with E-state index in [1.54, 1.807) is 18.5 Å². The van der Waals surface area contributed by atoms with Crippen LogP contribution in [-0.2, 0) is 12.8 Å². The van der Waals surface area contributed by atoms with Gasteiger partial charge < -0.3 is 26.7 Å². The van der Waals surface area contributed by atoms with E-state index in [0.29, 0.717) is 20.1 Å². The second-order valence-corrected chi connectivity index (χ2v) is 12.7. The van der Waals surface area contributed by atoms with Crippen molar-refractivity contribution in [3.8, 4) is 0 Å². The van der Waals surface area contributed by atoms with Gasteiger partial charge in [0.2, 0.25) is 0 Å². The summed E-state index contributed by atoms with van der Waals surface area (Å²) in [4.78, 5) is 14.1. The topological polar surface area (TPSA) is 109 Å². The maximum absolute atomic E-state index is 6.68. The standard InChI is InChI=1S/C18H19Cl2N5.C12H16Cl2N2/c19-14-3-1-2-12(15(14)20)10-18(21)5-8-25(9-6-18)17-13-4-7-22-16(13)23-11-24-17;13-10-3-1-2-9(11(10)14)8-12(15)4-6-16-7-5-12/h1-4,7,11H,5-6,8-10,21H2,(H,22,23,24);1-3,16H,4-8,15H2. The molecular weight excluding hydrogens is 600 g/mol. The van der Waals surface area contributed by atoms with Crippen LogP contribution in [-0.4, -0.2) is 52.2 Å². The Labute approximate surface area is 260 Å². The van der Waals surface area contributed by atoms with Crippen molar-refractivity contribution in [2.24, 2.45) is 11.5 Å². The number of rotatable bonds is 5. The third-order valence-electron chi connectivity index (χ3n) is 8.14. The highest BCUT2D eigenvalue weighted by molar-refractivity contribution is 6.43. The molecule has 6 N–H and O–H groups in total. The molecule has 0 amide bonds. The number of nitrogens with two attached hydrogens (primary N) is 2. The van der Waals surface area contributed by atoms with Crippen molar-refractivity contribution in [3.63, 3.8) is 0 Å². The molecule has 0 saturated carbocycles. The smallest absolute Gasteiger partial charge is 0.142 e. The summed E-state index contributed by atoms with van der Waals surface area (Å²) in [6.07, 6.45) is 8.71. The van der Waals surface area contributed by atoms with Crippen molar-refractivity contribution in [1.82, 2.24) is 20.3 Å². The first-order valence-electron chi connectivity index (χ1n) is 13.8. The van der Waals surface area contributed by atoms with Gasteiger partial charge >= 0.3 is 0 Å². The van der Waals surface area contributed by atoms with Gasteiger partial charge in [0.05, 0.1) is 25.5 Å². The second-order valence-electron chi connectivity index (χ2n) is 11.2. The van der Waals surface area contributed by atoms with Gasteiger partial charge in [0.25, 0.3) is 0 Å². The van der Waals surface area contributed by atoms with Crippen molar-refractivity contribution in [1.29, 1.82) is 0 Å². The number of aromatic nitrogens is 3. The number of anilines is 1. The van der Waals surface area contributed by atoms with Crippen LogP contribution >= 0.6 is 46.4 Å². The number of benzene rings is 2. The minimum absolute atomic E-state index is 0.139. The molecule has 2 aromatic carbocycles. The van der Waals surface area contributed by atoms with E-state index < -0.39 is 0 Å². The molecule has 218 valence electrons. The molecular formula is C30H35Cl4N7. The van der Waals surface area contributed by atoms with E-state index in [4.69, 9.17) is 57.9 Å². The molecule has 0 radical (unpaired) electrons. The van der Waals surface area contributed by atoms with Gasteiger partial charge in [-0.3, -0.25) is 0 Å². The van der Waals surface area contributed by atoms with Gasteiger partial charge in [0.1, 0.15) is 17.8 Å². The first-order chi connectivity index (χ1) is 19.7. The Morgan fingerprint density at radius 1 is 0.756 bits per heavy atom. The number of aromatic amines is 1. The van der Waals surface area contributed by atoms with Gasteiger partial charge in [0, 0.05) is 30.4 Å². The molecule has 7 nitrogen and oxygen atoms in total. The summed E-state index contributed by atoms with van der Waals surface area (Å²) in [7, 11) is 0. The highest BCUT2D eigenvalue weighted by Crippen LogP contribution is 2.34. The summed E-state index contributed by atoms with van der Waals surface area (Å²) in [5, 5.41) is 6.80. The third-order valence-corrected chi connectivity index (χ3v) is 9.86. The lowest BCUT2D eigenvalue weighted by atomic mass is 9.83. The van der Waals surface area contributed by atoms with Crippen LogP contribution in [0.1, 0.15) is 36.8 Å². The number of hydrogen-bond acceptors (Lipinski definition) is 6. The van der Waals surface area contributed by atoms with Crippen LogP contribution in [0.5, 0.6) is 0 Å². The van der Waals surface area contributed by atoms with E-state index in [1.807, 2.05) is 36.5 Å².